The van der Waals surface area contributed by atoms with Crippen molar-refractivity contribution < 1.29 is 5.11 Å². The van der Waals surface area contributed by atoms with Gasteiger partial charge in [-0.1, -0.05) is 54.0 Å². The fraction of sp³-hybridized carbons (Fsp3) is 0.500. The van der Waals surface area contributed by atoms with E-state index < -0.39 is 0 Å². The van der Waals surface area contributed by atoms with Crippen LogP contribution in [0, 0.1) is 0 Å². The molecule has 0 aliphatic heterocycles. The summed E-state index contributed by atoms with van der Waals surface area (Å²) >= 11 is 3.26. The van der Waals surface area contributed by atoms with Crippen molar-refractivity contribution in [2.75, 3.05) is 5.33 Å². The van der Waals surface area contributed by atoms with Crippen LogP contribution in [0.2, 0.25) is 0 Å². The number of benzene rings is 1. The zero-order chi connectivity index (χ0) is 10.6. The summed E-state index contributed by atoms with van der Waals surface area (Å²) in [4.78, 5) is 0. The van der Waals surface area contributed by atoms with E-state index in [0.29, 0.717) is 11.2 Å². The van der Waals surface area contributed by atoms with Crippen LogP contribution in [0.1, 0.15) is 43.4 Å². The molecule has 0 amide bonds. The molecule has 14 heavy (non-hydrogen) atoms. The second-order valence-electron chi connectivity index (χ2n) is 3.65. The zero-order valence-corrected chi connectivity index (χ0v) is 10.3. The van der Waals surface area contributed by atoms with Crippen LogP contribution in [0.15, 0.2) is 24.3 Å². The molecule has 0 fully saturated rings. The highest BCUT2D eigenvalue weighted by atomic mass is 79.9. The number of aliphatic hydroxyl groups is 1. The van der Waals surface area contributed by atoms with E-state index in [-0.39, 0.29) is 6.10 Å². The average molecular weight is 257 g/mol. The van der Waals surface area contributed by atoms with Crippen molar-refractivity contribution in [3.05, 3.63) is 35.4 Å². The Morgan fingerprint density at radius 3 is 2.14 bits per heavy atom. The molecule has 1 aromatic rings. The van der Waals surface area contributed by atoms with Crippen LogP contribution in [0.5, 0.6) is 0 Å². The Kier molecular flexibility index (Phi) is 4.63. The molecule has 2 atom stereocenters. The van der Waals surface area contributed by atoms with Crippen molar-refractivity contribution in [3.8, 4) is 0 Å². The van der Waals surface area contributed by atoms with E-state index in [4.69, 9.17) is 0 Å². The Hall–Kier alpha value is -0.340. The third kappa shape index (κ3) is 2.82. The maximum absolute atomic E-state index is 9.57. The first-order chi connectivity index (χ1) is 6.69. The van der Waals surface area contributed by atoms with Crippen LogP contribution >= 0.6 is 15.9 Å². The smallest absolute Gasteiger partial charge is 0.0886 e. The van der Waals surface area contributed by atoms with Crippen molar-refractivity contribution >= 4 is 15.9 Å². The highest BCUT2D eigenvalue weighted by Crippen LogP contribution is 2.21. The topological polar surface area (TPSA) is 20.2 Å². The summed E-state index contributed by atoms with van der Waals surface area (Å²) in [5, 5.41) is 10.2. The van der Waals surface area contributed by atoms with E-state index in [0.717, 1.165) is 12.0 Å². The van der Waals surface area contributed by atoms with Crippen LogP contribution in [0.4, 0.5) is 0 Å². The molecule has 1 rings (SSSR count). The van der Waals surface area contributed by atoms with Gasteiger partial charge in [-0.05, 0) is 23.5 Å². The Balaban J connectivity index is 2.78. The van der Waals surface area contributed by atoms with Crippen LogP contribution in [0.3, 0.4) is 0 Å². The van der Waals surface area contributed by atoms with Gasteiger partial charge in [-0.2, -0.15) is 0 Å². The highest BCUT2D eigenvalue weighted by Gasteiger charge is 2.06. The van der Waals surface area contributed by atoms with Gasteiger partial charge < -0.3 is 5.11 Å². The van der Waals surface area contributed by atoms with Gasteiger partial charge in [-0.25, -0.2) is 0 Å². The Labute approximate surface area is 94.3 Å². The molecule has 1 aromatic carbocycles. The molecular weight excluding hydrogens is 240 g/mol. The molecule has 0 aliphatic rings. The van der Waals surface area contributed by atoms with Crippen molar-refractivity contribution in [2.24, 2.45) is 0 Å². The summed E-state index contributed by atoms with van der Waals surface area (Å²) in [6, 6.07) is 8.23. The van der Waals surface area contributed by atoms with Gasteiger partial charge in [-0.3, -0.25) is 0 Å². The largest absolute Gasteiger partial charge is 0.388 e. The van der Waals surface area contributed by atoms with Crippen LogP contribution in [-0.4, -0.2) is 10.4 Å². The Morgan fingerprint density at radius 2 is 1.71 bits per heavy atom. The molecule has 0 radical (unpaired) electrons. The Morgan fingerprint density at radius 1 is 1.21 bits per heavy atom. The van der Waals surface area contributed by atoms with Gasteiger partial charge >= 0.3 is 0 Å². The van der Waals surface area contributed by atoms with Crippen molar-refractivity contribution in [1.29, 1.82) is 0 Å². The lowest BCUT2D eigenvalue weighted by Gasteiger charge is -2.11. The van der Waals surface area contributed by atoms with Gasteiger partial charge in [0.2, 0.25) is 0 Å². The monoisotopic (exact) mass is 256 g/mol. The molecule has 0 spiro atoms. The fourth-order valence-corrected chi connectivity index (χ4v) is 1.75. The minimum absolute atomic E-state index is 0.388. The van der Waals surface area contributed by atoms with Crippen LogP contribution in [0.25, 0.3) is 0 Å². The number of halogens is 1. The van der Waals surface area contributed by atoms with Gasteiger partial charge in [-0.15, -0.1) is 0 Å². The number of hydrogen-bond acceptors (Lipinski definition) is 1. The van der Waals surface area contributed by atoms with E-state index in [9.17, 15) is 5.11 Å². The summed E-state index contributed by atoms with van der Waals surface area (Å²) in [6.07, 6.45) is 0.765. The average Bonchev–Trinajstić information content (AvgIpc) is 2.27. The molecule has 0 aromatic heterocycles. The number of hydrogen-bond donors (Lipinski definition) is 1. The first kappa shape index (κ1) is 11.7. The predicted octanol–water partition coefficient (Wildman–Crippen LogP) is 3.63. The van der Waals surface area contributed by atoms with E-state index in [1.807, 2.05) is 12.1 Å². The standard InChI is InChI=1S/C12H17BrO/c1-3-9(2)10-4-6-11(7-5-10)12(14)8-13/h4-7,9,12,14H,3,8H2,1-2H3. The van der Waals surface area contributed by atoms with Crippen molar-refractivity contribution in [3.63, 3.8) is 0 Å². The third-order valence-corrected chi connectivity index (χ3v) is 3.26. The van der Waals surface area contributed by atoms with E-state index in [1.165, 1.54) is 5.56 Å². The molecule has 0 aliphatic carbocycles. The summed E-state index contributed by atoms with van der Waals surface area (Å²) < 4.78 is 0. The fourth-order valence-electron chi connectivity index (χ4n) is 1.37. The molecule has 1 N–H and O–H groups in total. The SMILES string of the molecule is CCC(C)c1ccc(C(O)CBr)cc1. The lowest BCUT2D eigenvalue weighted by molar-refractivity contribution is 0.205. The molecular formula is C12H17BrO. The van der Waals surface area contributed by atoms with Crippen molar-refractivity contribution in [2.45, 2.75) is 32.3 Å². The molecule has 2 unspecified atom stereocenters. The molecule has 78 valence electrons. The second kappa shape index (κ2) is 5.52. The van der Waals surface area contributed by atoms with Gasteiger partial charge in [0.25, 0.3) is 0 Å². The molecule has 2 heteroatoms. The highest BCUT2D eigenvalue weighted by molar-refractivity contribution is 9.09. The molecule has 0 heterocycles. The van der Waals surface area contributed by atoms with Gasteiger partial charge in [0.05, 0.1) is 6.10 Å². The molecule has 0 saturated heterocycles. The van der Waals surface area contributed by atoms with Crippen LogP contribution < -0.4 is 0 Å². The lowest BCUT2D eigenvalue weighted by atomic mass is 9.97. The summed E-state index contributed by atoms with van der Waals surface area (Å²) in [5.41, 5.74) is 2.33. The van der Waals surface area contributed by atoms with E-state index >= 15 is 0 Å². The van der Waals surface area contributed by atoms with Gasteiger partial charge in [0.15, 0.2) is 0 Å². The molecule has 0 saturated carbocycles. The van der Waals surface area contributed by atoms with Crippen molar-refractivity contribution in [1.82, 2.24) is 0 Å². The van der Waals surface area contributed by atoms with Gasteiger partial charge in [0.1, 0.15) is 0 Å². The normalized spacial score (nSPS) is 15.1. The maximum Gasteiger partial charge on any atom is 0.0886 e. The van der Waals surface area contributed by atoms with Crippen LogP contribution in [-0.2, 0) is 0 Å². The zero-order valence-electron chi connectivity index (χ0n) is 8.70. The van der Waals surface area contributed by atoms with Gasteiger partial charge in [0, 0.05) is 5.33 Å². The first-order valence-corrected chi connectivity index (χ1v) is 6.15. The third-order valence-electron chi connectivity index (χ3n) is 2.65. The molecule has 0 bridgehead atoms. The lowest BCUT2D eigenvalue weighted by Crippen LogP contribution is -1.99. The number of alkyl halides is 1. The van der Waals surface area contributed by atoms with E-state index in [1.54, 1.807) is 0 Å². The first-order valence-electron chi connectivity index (χ1n) is 5.03. The number of rotatable bonds is 4. The summed E-state index contributed by atoms with van der Waals surface area (Å²) in [7, 11) is 0. The maximum atomic E-state index is 9.57. The number of aliphatic hydroxyl groups excluding tert-OH is 1. The quantitative estimate of drug-likeness (QED) is 0.816. The van der Waals surface area contributed by atoms with E-state index in [2.05, 4.69) is 41.9 Å². The Bertz CT molecular complexity index is 239. The second-order valence-corrected chi connectivity index (χ2v) is 4.29. The predicted molar refractivity (Wildman–Crippen MR) is 63.9 cm³/mol. The summed E-state index contributed by atoms with van der Waals surface area (Å²) in [5.74, 6) is 0.602. The molecule has 1 nitrogen and oxygen atoms in total. The minimum Gasteiger partial charge on any atom is -0.388 e. The minimum atomic E-state index is -0.388. The summed E-state index contributed by atoms with van der Waals surface area (Å²) in [6.45, 7) is 4.40.